The van der Waals surface area contributed by atoms with Crippen molar-refractivity contribution in [3.05, 3.63) is 76.0 Å². The number of aromatic amines is 1. The topological polar surface area (TPSA) is 70.0 Å². The molecule has 1 aromatic heterocycles. The van der Waals surface area contributed by atoms with Crippen LogP contribution in [0.2, 0.25) is 0 Å². The third-order valence-electron chi connectivity index (χ3n) is 11.5. The SMILES string of the molecule is [O-][NH+]1CC=c2c([nH]c3ccccc23)=C1C1=C[C@@]2(O)CCC=CCCCCN3CC[C@@H]1[C@]1(C[C@@H]4/C=C\CCCCN4[C@H]12)C3. The summed E-state index contributed by atoms with van der Waals surface area (Å²) in [5.41, 5.74) is 2.00. The Morgan fingerprint density at radius 2 is 1.81 bits per heavy atom. The van der Waals surface area contributed by atoms with Gasteiger partial charge in [-0.2, -0.15) is 0 Å². The number of quaternary nitrogens is 1. The number of benzene rings is 1. The number of piperidine rings is 1. The Labute approximate surface area is 249 Å². The summed E-state index contributed by atoms with van der Waals surface area (Å²) >= 11 is 0. The molecule has 3 N–H and O–H groups in total. The molecule has 0 saturated carbocycles. The number of hydroxylamine groups is 2. The lowest BCUT2D eigenvalue weighted by Gasteiger charge is -2.58. The number of hydrogen-bond donors (Lipinski definition) is 3. The molecule has 5 aliphatic heterocycles. The third-order valence-corrected chi connectivity index (χ3v) is 11.5. The fraction of sp³-hybridized carbons (Fsp3) is 0.556. The number of para-hydroxylation sites is 1. The van der Waals surface area contributed by atoms with Crippen molar-refractivity contribution in [2.75, 3.05) is 32.7 Å². The molecular formula is C36H46N4O2. The van der Waals surface area contributed by atoms with Gasteiger partial charge < -0.3 is 25.3 Å². The van der Waals surface area contributed by atoms with E-state index in [1.807, 2.05) is 0 Å². The zero-order valence-electron chi connectivity index (χ0n) is 24.9. The van der Waals surface area contributed by atoms with Crippen LogP contribution in [0.5, 0.6) is 0 Å². The van der Waals surface area contributed by atoms with E-state index in [1.165, 1.54) is 31.1 Å². The molecule has 6 heterocycles. The van der Waals surface area contributed by atoms with Crippen LogP contribution in [-0.2, 0) is 0 Å². The van der Waals surface area contributed by atoms with Gasteiger partial charge in [0, 0.05) is 39.7 Å². The number of aliphatic hydroxyl groups is 1. The normalized spacial score (nSPS) is 39.4. The first-order chi connectivity index (χ1) is 20.6. The van der Waals surface area contributed by atoms with Crippen molar-refractivity contribution in [3.8, 4) is 0 Å². The van der Waals surface area contributed by atoms with Crippen molar-refractivity contribution in [3.63, 3.8) is 0 Å². The van der Waals surface area contributed by atoms with Gasteiger partial charge in [0.1, 0.15) is 11.9 Å². The summed E-state index contributed by atoms with van der Waals surface area (Å²) in [6.45, 7) is 4.69. The van der Waals surface area contributed by atoms with Crippen LogP contribution in [0.3, 0.4) is 0 Å². The number of nitrogens with zero attached hydrogens (tertiary/aromatic N) is 2. The van der Waals surface area contributed by atoms with Crippen molar-refractivity contribution >= 4 is 22.7 Å². The fourth-order valence-electron chi connectivity index (χ4n) is 9.92. The van der Waals surface area contributed by atoms with Crippen LogP contribution in [0, 0.1) is 16.5 Å². The van der Waals surface area contributed by atoms with Gasteiger partial charge in [-0.05, 0) is 108 Å². The summed E-state index contributed by atoms with van der Waals surface area (Å²) in [6.07, 6.45) is 24.6. The number of fused-ring (bicyclic) bond motifs is 5. The van der Waals surface area contributed by atoms with E-state index in [4.69, 9.17) is 0 Å². The fourth-order valence-corrected chi connectivity index (χ4v) is 9.92. The van der Waals surface area contributed by atoms with Gasteiger partial charge in [-0.1, -0.05) is 42.5 Å². The highest BCUT2D eigenvalue weighted by molar-refractivity contribution is 5.82. The molecule has 222 valence electrons. The Kier molecular flexibility index (Phi) is 6.84. The Morgan fingerprint density at radius 3 is 2.74 bits per heavy atom. The molecule has 42 heavy (non-hydrogen) atoms. The maximum Gasteiger partial charge on any atom is 0.159 e. The molecule has 0 radical (unpaired) electrons. The second-order valence-corrected chi connectivity index (χ2v) is 13.9. The van der Waals surface area contributed by atoms with Crippen LogP contribution in [0.25, 0.3) is 22.7 Å². The van der Waals surface area contributed by atoms with Gasteiger partial charge in [-0.3, -0.25) is 4.90 Å². The smallest absolute Gasteiger partial charge is 0.159 e. The molecular weight excluding hydrogens is 520 g/mol. The number of allylic oxidation sites excluding steroid dienone is 3. The molecule has 7 atom stereocenters. The number of H-pyrrole nitrogens is 1. The first-order valence-corrected chi connectivity index (χ1v) is 16.7. The van der Waals surface area contributed by atoms with Crippen LogP contribution in [0.1, 0.15) is 64.2 Å². The Morgan fingerprint density at radius 1 is 0.976 bits per heavy atom. The average molecular weight is 567 g/mol. The minimum Gasteiger partial charge on any atom is -0.629 e. The number of aromatic nitrogens is 1. The Hall–Kier alpha value is -2.48. The zero-order valence-corrected chi connectivity index (χ0v) is 24.9. The summed E-state index contributed by atoms with van der Waals surface area (Å²) in [4.78, 5) is 9.10. The first kappa shape index (κ1) is 27.1. The van der Waals surface area contributed by atoms with Crippen molar-refractivity contribution in [2.45, 2.75) is 81.9 Å². The highest BCUT2D eigenvalue weighted by Crippen LogP contribution is 2.60. The van der Waals surface area contributed by atoms with E-state index in [-0.39, 0.29) is 22.4 Å². The minimum absolute atomic E-state index is 0.0662. The predicted octanol–water partition coefficient (Wildman–Crippen LogP) is 3.14. The van der Waals surface area contributed by atoms with E-state index in [1.54, 1.807) is 0 Å². The van der Waals surface area contributed by atoms with Gasteiger partial charge in [0.25, 0.3) is 0 Å². The van der Waals surface area contributed by atoms with Gasteiger partial charge in [0.05, 0.1) is 11.6 Å². The monoisotopic (exact) mass is 566 g/mol. The van der Waals surface area contributed by atoms with Crippen molar-refractivity contribution in [2.24, 2.45) is 11.3 Å². The summed E-state index contributed by atoms with van der Waals surface area (Å²) in [5.74, 6) is 0.262. The van der Waals surface area contributed by atoms with Crippen molar-refractivity contribution in [1.29, 1.82) is 0 Å². The highest BCUT2D eigenvalue weighted by atomic mass is 16.5. The predicted molar refractivity (Wildman–Crippen MR) is 169 cm³/mol. The van der Waals surface area contributed by atoms with Gasteiger partial charge in [0.2, 0.25) is 0 Å². The van der Waals surface area contributed by atoms with E-state index >= 15 is 0 Å². The summed E-state index contributed by atoms with van der Waals surface area (Å²) in [7, 11) is 0. The highest BCUT2D eigenvalue weighted by Gasteiger charge is 2.66. The van der Waals surface area contributed by atoms with E-state index < -0.39 is 5.60 Å². The molecule has 2 saturated heterocycles. The molecule has 1 aliphatic carbocycles. The van der Waals surface area contributed by atoms with Crippen LogP contribution in [0.15, 0.2) is 60.2 Å². The quantitative estimate of drug-likeness (QED) is 0.367. The number of rotatable bonds is 1. The minimum atomic E-state index is -0.990. The van der Waals surface area contributed by atoms with Crippen LogP contribution in [-0.4, -0.2) is 70.3 Å². The summed E-state index contributed by atoms with van der Waals surface area (Å²) in [5, 5.41) is 30.6. The molecule has 6 nitrogen and oxygen atoms in total. The molecule has 0 amide bonds. The third kappa shape index (κ3) is 4.25. The Bertz CT molecular complexity index is 1570. The largest absolute Gasteiger partial charge is 0.629 e. The van der Waals surface area contributed by atoms with E-state index in [9.17, 15) is 10.3 Å². The number of hydrogen-bond acceptors (Lipinski definition) is 4. The molecule has 2 unspecified atom stereocenters. The van der Waals surface area contributed by atoms with Gasteiger partial charge >= 0.3 is 0 Å². The van der Waals surface area contributed by atoms with E-state index in [0.717, 1.165) is 85.6 Å². The first-order valence-electron chi connectivity index (χ1n) is 16.7. The lowest BCUT2D eigenvalue weighted by molar-refractivity contribution is -0.760. The number of nitrogens with one attached hydrogen (secondary N) is 2. The van der Waals surface area contributed by atoms with Crippen LogP contribution < -0.4 is 15.6 Å². The van der Waals surface area contributed by atoms with Crippen molar-refractivity contribution < 1.29 is 10.2 Å². The van der Waals surface area contributed by atoms with Gasteiger partial charge in [0.15, 0.2) is 5.70 Å². The second kappa shape index (κ2) is 10.6. The van der Waals surface area contributed by atoms with E-state index in [0.29, 0.717) is 19.0 Å². The summed E-state index contributed by atoms with van der Waals surface area (Å²) in [6, 6.07) is 8.85. The molecule has 1 aromatic carbocycles. The average Bonchev–Trinajstić information content (AvgIpc) is 3.49. The molecule has 6 heteroatoms. The second-order valence-electron chi connectivity index (χ2n) is 13.9. The van der Waals surface area contributed by atoms with Crippen LogP contribution >= 0.6 is 0 Å². The molecule has 1 spiro atoms. The summed E-state index contributed by atoms with van der Waals surface area (Å²) < 4.78 is 0. The van der Waals surface area contributed by atoms with E-state index in [2.05, 4.69) is 75.5 Å². The maximum absolute atomic E-state index is 14.0. The maximum atomic E-state index is 14.0. The Balaban J connectivity index is 1.37. The van der Waals surface area contributed by atoms with Gasteiger partial charge in [-0.15, -0.1) is 0 Å². The zero-order chi connectivity index (χ0) is 28.3. The van der Waals surface area contributed by atoms with Gasteiger partial charge in [-0.25, -0.2) is 0 Å². The van der Waals surface area contributed by atoms with Crippen molar-refractivity contribution in [1.82, 2.24) is 14.8 Å². The molecule has 3 bridgehead atoms. The molecule has 8 rings (SSSR count). The lowest BCUT2D eigenvalue weighted by Crippen LogP contribution is -3.06. The lowest BCUT2D eigenvalue weighted by atomic mass is 9.54. The standard InChI is InChI=1S/C36H46N4O2/c41-36-18-10-4-1-2-5-11-19-38-21-17-30(35(25-38)23-26-13-7-3-6-12-20-39(26)34(35)36)29(24-36)33-32-28(16-22-40(33)42)27-14-8-9-15-31(27)37-32/h1,4,7-9,13-16,24,26,30,34,37,40-41H,2-3,5-6,10-12,17-23,25H2/b4-1?,13-7-/t26-,30-,34+,35-,36-/m0/s1. The van der Waals surface area contributed by atoms with Crippen LogP contribution in [0.4, 0.5) is 0 Å². The molecule has 2 fully saturated rings. The molecule has 6 aliphatic rings. The molecule has 2 aromatic rings.